The van der Waals surface area contributed by atoms with E-state index in [1.165, 1.54) is 0 Å². The molecule has 0 aliphatic carbocycles. The number of halogens is 3. The first-order valence-electron chi connectivity index (χ1n) is 8.08. The van der Waals surface area contributed by atoms with E-state index in [1.54, 1.807) is 16.7 Å². The molecule has 1 unspecified atom stereocenters. The molecule has 2 rings (SSSR count). The number of piperazine rings is 1. The number of nitrogens with zero attached hydrogens (tertiary/aromatic N) is 4. The van der Waals surface area contributed by atoms with Gasteiger partial charge < -0.3 is 20.2 Å². The molecule has 1 fully saturated rings. The molecular weight excluding hydrogens is 339 g/mol. The fraction of sp³-hybridized carbons (Fsp3) is 0.667. The molecule has 0 bridgehead atoms. The van der Waals surface area contributed by atoms with Gasteiger partial charge in [0.1, 0.15) is 0 Å². The van der Waals surface area contributed by atoms with Crippen LogP contribution in [0.2, 0.25) is 0 Å². The number of alkyl halides is 3. The van der Waals surface area contributed by atoms with Crippen molar-refractivity contribution < 1.29 is 23.1 Å². The molecule has 140 valence electrons. The van der Waals surface area contributed by atoms with E-state index in [4.69, 9.17) is 5.11 Å². The topological polar surface area (TPSA) is 81.6 Å². The van der Waals surface area contributed by atoms with Crippen molar-refractivity contribution in [3.63, 3.8) is 0 Å². The van der Waals surface area contributed by atoms with Crippen molar-refractivity contribution in [2.75, 3.05) is 44.2 Å². The number of aliphatic hydroxyl groups is 1. The highest BCUT2D eigenvalue weighted by atomic mass is 19.4. The van der Waals surface area contributed by atoms with E-state index in [0.717, 1.165) is 12.4 Å². The molecule has 25 heavy (non-hydrogen) atoms. The number of aromatic nitrogens is 2. The highest BCUT2D eigenvalue weighted by Crippen LogP contribution is 2.28. The van der Waals surface area contributed by atoms with E-state index >= 15 is 0 Å². The SMILES string of the molecule is CC(O)CNCCC(=O)N1CCN(c2ncc(C(F)(F)F)cn2)CC1. The Bertz CT molecular complexity index is 557. The van der Waals surface area contributed by atoms with Crippen molar-refractivity contribution in [3.8, 4) is 0 Å². The highest BCUT2D eigenvalue weighted by molar-refractivity contribution is 5.76. The van der Waals surface area contributed by atoms with Crippen molar-refractivity contribution in [3.05, 3.63) is 18.0 Å². The van der Waals surface area contributed by atoms with Crippen LogP contribution in [0.25, 0.3) is 0 Å². The van der Waals surface area contributed by atoms with Crippen LogP contribution in [0, 0.1) is 0 Å². The number of amides is 1. The molecular formula is C15H22F3N5O2. The van der Waals surface area contributed by atoms with Crippen molar-refractivity contribution in [2.45, 2.75) is 25.6 Å². The predicted octanol–water partition coefficient (Wildman–Crippen LogP) is 0.504. The summed E-state index contributed by atoms with van der Waals surface area (Å²) in [6.45, 7) is 4.48. The minimum atomic E-state index is -4.45. The molecule has 0 aromatic carbocycles. The van der Waals surface area contributed by atoms with Gasteiger partial charge in [0.15, 0.2) is 0 Å². The van der Waals surface area contributed by atoms with E-state index in [0.29, 0.717) is 45.7 Å². The summed E-state index contributed by atoms with van der Waals surface area (Å²) in [7, 11) is 0. The Morgan fingerprint density at radius 2 is 1.88 bits per heavy atom. The third-order valence-corrected chi connectivity index (χ3v) is 3.84. The summed E-state index contributed by atoms with van der Waals surface area (Å²) < 4.78 is 37.6. The largest absolute Gasteiger partial charge is 0.419 e. The molecule has 1 atom stereocenters. The predicted molar refractivity (Wildman–Crippen MR) is 85.0 cm³/mol. The van der Waals surface area contributed by atoms with E-state index in [1.807, 2.05) is 0 Å². The second kappa shape index (κ2) is 8.43. The van der Waals surface area contributed by atoms with Gasteiger partial charge in [-0.25, -0.2) is 9.97 Å². The van der Waals surface area contributed by atoms with Crippen molar-refractivity contribution >= 4 is 11.9 Å². The number of anilines is 1. The van der Waals surface area contributed by atoms with Gasteiger partial charge in [0.25, 0.3) is 0 Å². The molecule has 0 radical (unpaired) electrons. The van der Waals surface area contributed by atoms with Crippen molar-refractivity contribution in [1.29, 1.82) is 0 Å². The lowest BCUT2D eigenvalue weighted by Crippen LogP contribution is -2.49. The quantitative estimate of drug-likeness (QED) is 0.719. The second-order valence-corrected chi connectivity index (χ2v) is 5.94. The Morgan fingerprint density at radius 1 is 1.28 bits per heavy atom. The summed E-state index contributed by atoms with van der Waals surface area (Å²) in [4.78, 5) is 23.1. The van der Waals surface area contributed by atoms with Gasteiger partial charge in [0.2, 0.25) is 11.9 Å². The first-order valence-corrected chi connectivity index (χ1v) is 8.08. The molecule has 10 heteroatoms. The van der Waals surface area contributed by atoms with Gasteiger partial charge in [-0.2, -0.15) is 13.2 Å². The van der Waals surface area contributed by atoms with Gasteiger partial charge in [-0.15, -0.1) is 0 Å². The smallest absolute Gasteiger partial charge is 0.392 e. The Kier molecular flexibility index (Phi) is 6.54. The fourth-order valence-electron chi connectivity index (χ4n) is 2.45. The number of hydrogen-bond acceptors (Lipinski definition) is 6. The lowest BCUT2D eigenvalue weighted by Gasteiger charge is -2.34. The molecule has 0 spiro atoms. The first kappa shape index (κ1) is 19.4. The summed E-state index contributed by atoms with van der Waals surface area (Å²) in [6, 6.07) is 0. The van der Waals surface area contributed by atoms with Gasteiger partial charge in [0.05, 0.1) is 11.7 Å². The molecule has 1 aromatic rings. The molecule has 1 amide bonds. The zero-order valence-corrected chi connectivity index (χ0v) is 14.0. The van der Waals surface area contributed by atoms with Crippen LogP contribution in [0.4, 0.5) is 19.1 Å². The lowest BCUT2D eigenvalue weighted by molar-refractivity contribution is -0.138. The van der Waals surface area contributed by atoms with Gasteiger partial charge in [-0.05, 0) is 6.92 Å². The van der Waals surface area contributed by atoms with Gasteiger partial charge in [-0.1, -0.05) is 0 Å². The zero-order valence-electron chi connectivity index (χ0n) is 14.0. The van der Waals surface area contributed by atoms with Gasteiger partial charge >= 0.3 is 6.18 Å². The maximum atomic E-state index is 12.5. The third-order valence-electron chi connectivity index (χ3n) is 3.84. The van der Waals surface area contributed by atoms with Crippen LogP contribution in [0.1, 0.15) is 18.9 Å². The molecule has 2 N–H and O–H groups in total. The summed E-state index contributed by atoms with van der Waals surface area (Å²) in [6.07, 6.45) is -3.03. The van der Waals surface area contributed by atoms with Gasteiger partial charge in [-0.3, -0.25) is 4.79 Å². The average molecular weight is 361 g/mol. The Morgan fingerprint density at radius 3 is 2.40 bits per heavy atom. The van der Waals surface area contributed by atoms with Crippen LogP contribution in [0.5, 0.6) is 0 Å². The zero-order chi connectivity index (χ0) is 18.4. The Balaban J connectivity index is 1.78. The monoisotopic (exact) mass is 361 g/mol. The average Bonchev–Trinajstić information content (AvgIpc) is 2.58. The fourth-order valence-corrected chi connectivity index (χ4v) is 2.45. The number of nitrogens with one attached hydrogen (secondary N) is 1. The Hall–Kier alpha value is -1.94. The van der Waals surface area contributed by atoms with Crippen LogP contribution in [-0.4, -0.2) is 71.3 Å². The molecule has 1 aliphatic heterocycles. The van der Waals surface area contributed by atoms with Crippen LogP contribution in [0.15, 0.2) is 12.4 Å². The standard InChI is InChI=1S/C15H22F3N5O2/c1-11(24)8-19-3-2-13(25)22-4-6-23(7-5-22)14-20-9-12(10-21-14)15(16,17)18/h9-11,19,24H,2-8H2,1H3. The first-order chi connectivity index (χ1) is 11.8. The maximum Gasteiger partial charge on any atom is 0.419 e. The van der Waals surface area contributed by atoms with Crippen LogP contribution >= 0.6 is 0 Å². The third kappa shape index (κ3) is 5.82. The van der Waals surface area contributed by atoms with Crippen LogP contribution < -0.4 is 10.2 Å². The number of hydrogen-bond donors (Lipinski definition) is 2. The molecule has 2 heterocycles. The summed E-state index contributed by atoms with van der Waals surface area (Å²) in [5.41, 5.74) is -0.880. The minimum Gasteiger partial charge on any atom is -0.392 e. The molecule has 1 aliphatic rings. The minimum absolute atomic E-state index is 0.00563. The Labute approximate surface area is 143 Å². The number of aliphatic hydroxyl groups excluding tert-OH is 1. The molecule has 1 saturated heterocycles. The number of carbonyl (C=O) groups is 1. The second-order valence-electron chi connectivity index (χ2n) is 5.94. The summed E-state index contributed by atoms with van der Waals surface area (Å²) in [5, 5.41) is 12.1. The summed E-state index contributed by atoms with van der Waals surface area (Å²) in [5.74, 6) is 0.241. The molecule has 0 saturated carbocycles. The van der Waals surface area contributed by atoms with Gasteiger partial charge in [0, 0.05) is 58.1 Å². The molecule has 1 aromatic heterocycles. The van der Waals surface area contributed by atoms with E-state index in [2.05, 4.69) is 15.3 Å². The number of rotatable bonds is 6. The maximum absolute atomic E-state index is 12.5. The lowest BCUT2D eigenvalue weighted by atomic mass is 10.2. The van der Waals surface area contributed by atoms with E-state index in [-0.39, 0.29) is 11.9 Å². The van der Waals surface area contributed by atoms with E-state index in [9.17, 15) is 18.0 Å². The van der Waals surface area contributed by atoms with Crippen LogP contribution in [-0.2, 0) is 11.0 Å². The van der Waals surface area contributed by atoms with Crippen LogP contribution in [0.3, 0.4) is 0 Å². The normalized spacial score (nSPS) is 16.8. The summed E-state index contributed by atoms with van der Waals surface area (Å²) >= 11 is 0. The number of carbonyl (C=O) groups excluding carboxylic acids is 1. The van der Waals surface area contributed by atoms with Crippen molar-refractivity contribution in [1.82, 2.24) is 20.2 Å². The van der Waals surface area contributed by atoms with Crippen molar-refractivity contribution in [2.24, 2.45) is 0 Å². The molecule has 7 nitrogen and oxygen atoms in total. The van der Waals surface area contributed by atoms with E-state index < -0.39 is 17.8 Å². The highest BCUT2D eigenvalue weighted by Gasteiger charge is 2.32.